The number of para-hydroxylation sites is 2. The highest BCUT2D eigenvalue weighted by Gasteiger charge is 2.41. The van der Waals surface area contributed by atoms with Crippen molar-refractivity contribution in [1.29, 1.82) is 0 Å². The molecule has 0 N–H and O–H groups in total. The van der Waals surface area contributed by atoms with E-state index in [0.29, 0.717) is 0 Å². The molecule has 7 aromatic carbocycles. The van der Waals surface area contributed by atoms with Gasteiger partial charge in [0, 0.05) is 22.1 Å². The summed E-state index contributed by atoms with van der Waals surface area (Å²) in [6.07, 6.45) is 4.64. The van der Waals surface area contributed by atoms with Crippen molar-refractivity contribution in [2.24, 2.45) is 0 Å². The molecule has 224 valence electrons. The normalized spacial score (nSPS) is 13.1. The highest BCUT2D eigenvalue weighted by Crippen LogP contribution is 2.55. The van der Waals surface area contributed by atoms with E-state index in [9.17, 15) is 0 Å². The van der Waals surface area contributed by atoms with Gasteiger partial charge in [-0.05, 0) is 93.2 Å². The molecule has 1 aliphatic rings. The molecule has 0 heterocycles. The topological polar surface area (TPSA) is 3.24 Å². The van der Waals surface area contributed by atoms with Crippen LogP contribution < -0.4 is 4.90 Å². The Morgan fingerprint density at radius 1 is 0.478 bits per heavy atom. The first-order valence-corrected chi connectivity index (χ1v) is 16.8. The van der Waals surface area contributed by atoms with Gasteiger partial charge in [-0.25, -0.2) is 0 Å². The van der Waals surface area contributed by atoms with E-state index in [1.807, 2.05) is 0 Å². The number of benzene rings is 7. The monoisotopic (exact) mass is 593 g/mol. The van der Waals surface area contributed by atoms with Gasteiger partial charge in [-0.3, -0.25) is 0 Å². The largest absolute Gasteiger partial charge is 0.309 e. The standard InChI is InChI=1S/C45H39N/c1-3-28-45(29-4-2)40-23-13-11-22-37(40)39-30-34-27-26-33-18-15-25-43(44(33)38(34)31-41(39)45)46(35-19-9-6-10-20-35)42-24-14-12-21-36(42)32-16-7-5-8-17-32/h5-27,30-31H,3-4,28-29H2,1-2H3. The van der Waals surface area contributed by atoms with Crippen LogP contribution in [0, 0.1) is 0 Å². The molecule has 7 aromatic rings. The number of anilines is 3. The minimum Gasteiger partial charge on any atom is -0.309 e. The van der Waals surface area contributed by atoms with Gasteiger partial charge >= 0.3 is 0 Å². The molecule has 0 bridgehead atoms. The molecule has 0 aromatic heterocycles. The van der Waals surface area contributed by atoms with Crippen LogP contribution in [0.4, 0.5) is 17.1 Å². The van der Waals surface area contributed by atoms with Crippen molar-refractivity contribution < 1.29 is 0 Å². The Kier molecular flexibility index (Phi) is 7.18. The second kappa shape index (κ2) is 11.7. The fraction of sp³-hybridized carbons (Fsp3) is 0.156. The van der Waals surface area contributed by atoms with E-state index >= 15 is 0 Å². The van der Waals surface area contributed by atoms with Crippen molar-refractivity contribution in [3.63, 3.8) is 0 Å². The predicted molar refractivity (Wildman–Crippen MR) is 198 cm³/mol. The molecule has 0 aliphatic heterocycles. The van der Waals surface area contributed by atoms with Crippen molar-refractivity contribution in [2.75, 3.05) is 4.90 Å². The Morgan fingerprint density at radius 2 is 1.11 bits per heavy atom. The van der Waals surface area contributed by atoms with Gasteiger partial charge in [0.15, 0.2) is 0 Å². The molecule has 0 unspecified atom stereocenters. The predicted octanol–water partition coefficient (Wildman–Crippen LogP) is 13.0. The number of fused-ring (bicyclic) bond motifs is 6. The zero-order valence-electron chi connectivity index (χ0n) is 26.7. The summed E-state index contributed by atoms with van der Waals surface area (Å²) in [5.74, 6) is 0. The maximum absolute atomic E-state index is 2.58. The summed E-state index contributed by atoms with van der Waals surface area (Å²) in [7, 11) is 0. The molecule has 1 aliphatic carbocycles. The number of hydrogen-bond acceptors (Lipinski definition) is 1. The lowest BCUT2D eigenvalue weighted by atomic mass is 9.71. The van der Waals surface area contributed by atoms with Crippen molar-refractivity contribution in [2.45, 2.75) is 44.9 Å². The molecule has 0 atom stereocenters. The summed E-state index contributed by atoms with van der Waals surface area (Å²) in [6.45, 7) is 4.68. The zero-order valence-corrected chi connectivity index (χ0v) is 26.7. The van der Waals surface area contributed by atoms with Gasteiger partial charge in [-0.1, -0.05) is 142 Å². The van der Waals surface area contributed by atoms with Crippen molar-refractivity contribution in [3.05, 3.63) is 163 Å². The summed E-state index contributed by atoms with van der Waals surface area (Å²) in [5, 5.41) is 5.18. The Bertz CT molecular complexity index is 2170. The third-order valence-corrected chi connectivity index (χ3v) is 10.1. The van der Waals surface area contributed by atoms with Crippen LogP contribution in [-0.4, -0.2) is 0 Å². The number of nitrogens with zero attached hydrogens (tertiary/aromatic N) is 1. The van der Waals surface area contributed by atoms with E-state index in [1.165, 1.54) is 66.3 Å². The third kappa shape index (κ3) is 4.45. The van der Waals surface area contributed by atoms with E-state index in [2.05, 4.69) is 170 Å². The van der Waals surface area contributed by atoms with Crippen LogP contribution in [0.3, 0.4) is 0 Å². The highest BCUT2D eigenvalue weighted by molar-refractivity contribution is 6.16. The molecule has 8 rings (SSSR count). The van der Waals surface area contributed by atoms with Crippen LogP contribution in [0.5, 0.6) is 0 Å². The zero-order chi connectivity index (χ0) is 31.1. The van der Waals surface area contributed by atoms with Gasteiger partial charge in [-0.2, -0.15) is 0 Å². The van der Waals surface area contributed by atoms with Crippen molar-refractivity contribution in [3.8, 4) is 22.3 Å². The molecule has 1 nitrogen and oxygen atoms in total. The highest BCUT2D eigenvalue weighted by atomic mass is 15.1. The quantitative estimate of drug-likeness (QED) is 0.158. The SMILES string of the molecule is CCCC1(CCC)c2ccccc2-c2cc3ccc4cccc(N(c5ccccc5)c5ccccc5-c5ccccc5)c4c3cc21. The Hall–Kier alpha value is -5.14. The molecule has 0 amide bonds. The maximum Gasteiger partial charge on any atom is 0.0546 e. The number of rotatable bonds is 8. The fourth-order valence-corrected chi connectivity index (χ4v) is 8.26. The van der Waals surface area contributed by atoms with E-state index < -0.39 is 0 Å². The van der Waals surface area contributed by atoms with E-state index in [-0.39, 0.29) is 5.41 Å². The molecule has 1 heteroatoms. The van der Waals surface area contributed by atoms with Gasteiger partial charge in [0.05, 0.1) is 11.4 Å². The lowest BCUT2D eigenvalue weighted by Crippen LogP contribution is -2.24. The van der Waals surface area contributed by atoms with Gasteiger partial charge in [0.2, 0.25) is 0 Å². The van der Waals surface area contributed by atoms with Gasteiger partial charge in [0.25, 0.3) is 0 Å². The summed E-state index contributed by atoms with van der Waals surface area (Å²) >= 11 is 0. The average Bonchev–Trinajstić information content (AvgIpc) is 3.37. The average molecular weight is 594 g/mol. The summed E-state index contributed by atoms with van der Waals surface area (Å²) in [6, 6.07) is 56.1. The molecule has 0 saturated carbocycles. The van der Waals surface area contributed by atoms with Crippen LogP contribution in [0.25, 0.3) is 43.8 Å². The lowest BCUT2D eigenvalue weighted by molar-refractivity contribution is 0.436. The van der Waals surface area contributed by atoms with Crippen LogP contribution in [-0.2, 0) is 5.41 Å². The van der Waals surface area contributed by atoms with E-state index in [0.717, 1.165) is 31.4 Å². The Labute approximate surface area is 272 Å². The molecular weight excluding hydrogens is 555 g/mol. The van der Waals surface area contributed by atoms with Gasteiger partial charge in [0.1, 0.15) is 0 Å². The maximum atomic E-state index is 2.58. The second-order valence-electron chi connectivity index (χ2n) is 12.7. The molecule has 0 spiro atoms. The van der Waals surface area contributed by atoms with E-state index in [1.54, 1.807) is 0 Å². The minimum atomic E-state index is 0.0414. The molecule has 0 radical (unpaired) electrons. The van der Waals surface area contributed by atoms with E-state index in [4.69, 9.17) is 0 Å². The smallest absolute Gasteiger partial charge is 0.0546 e. The van der Waals surface area contributed by atoms with Crippen molar-refractivity contribution >= 4 is 38.6 Å². The summed E-state index contributed by atoms with van der Waals surface area (Å²) < 4.78 is 0. The molecule has 0 fully saturated rings. The lowest BCUT2D eigenvalue weighted by Gasteiger charge is -2.32. The summed E-state index contributed by atoms with van der Waals surface area (Å²) in [4.78, 5) is 2.47. The molecular formula is C45H39N. The molecule has 46 heavy (non-hydrogen) atoms. The second-order valence-corrected chi connectivity index (χ2v) is 12.7. The summed E-state index contributed by atoms with van der Waals surface area (Å²) in [5.41, 5.74) is 11.8. The van der Waals surface area contributed by atoms with Crippen LogP contribution in [0.15, 0.2) is 152 Å². The number of hydrogen-bond donors (Lipinski definition) is 0. The minimum absolute atomic E-state index is 0.0414. The van der Waals surface area contributed by atoms with Crippen LogP contribution in [0.1, 0.15) is 50.7 Å². The van der Waals surface area contributed by atoms with Crippen LogP contribution in [0.2, 0.25) is 0 Å². The first-order valence-electron chi connectivity index (χ1n) is 16.8. The molecule has 0 saturated heterocycles. The fourth-order valence-electron chi connectivity index (χ4n) is 8.26. The Morgan fingerprint density at radius 3 is 1.87 bits per heavy atom. The first kappa shape index (κ1) is 28.3. The third-order valence-electron chi connectivity index (χ3n) is 10.1. The Balaban J connectivity index is 1.45. The van der Waals surface area contributed by atoms with Gasteiger partial charge < -0.3 is 4.90 Å². The first-order chi connectivity index (χ1) is 22.7. The van der Waals surface area contributed by atoms with Crippen molar-refractivity contribution in [1.82, 2.24) is 0 Å². The van der Waals surface area contributed by atoms with Crippen LogP contribution >= 0.6 is 0 Å². The van der Waals surface area contributed by atoms with Gasteiger partial charge in [-0.15, -0.1) is 0 Å².